The lowest BCUT2D eigenvalue weighted by Gasteiger charge is -2.18. The summed E-state index contributed by atoms with van der Waals surface area (Å²) in [5.74, 6) is 1.01. The van der Waals surface area contributed by atoms with Crippen LogP contribution in [-0.2, 0) is 0 Å². The van der Waals surface area contributed by atoms with Crippen LogP contribution in [-0.4, -0.2) is 35.8 Å². The molecule has 0 aliphatic rings. The van der Waals surface area contributed by atoms with Gasteiger partial charge in [-0.3, -0.25) is 4.79 Å². The summed E-state index contributed by atoms with van der Waals surface area (Å²) < 4.78 is 33.1. The molecule has 6 heterocycles. The predicted octanol–water partition coefficient (Wildman–Crippen LogP) is 5.37. The van der Waals surface area contributed by atoms with Crippen LogP contribution >= 0.6 is 0 Å². The molecule has 3 N–H and O–H groups in total. The summed E-state index contributed by atoms with van der Waals surface area (Å²) in [6.07, 6.45) is 8.33. The van der Waals surface area contributed by atoms with E-state index >= 15 is 0 Å². The Bertz CT molecular complexity index is 1850. The zero-order valence-electron chi connectivity index (χ0n) is 23.9. The molecule has 0 saturated carbocycles. The third kappa shape index (κ3) is 5.61. The van der Waals surface area contributed by atoms with Gasteiger partial charge in [0.2, 0.25) is 35.3 Å². The molecule has 15 heteroatoms. The molecule has 0 aliphatic carbocycles. The number of nitrogens with two attached hydrogens (primary N) is 1. The minimum atomic E-state index is -0.595. The standard InChI is InChI=1S/C28H28N8O7/c1-12(2)20(29)27-34-18(10-42-27)25-33-17(9-41-25)24-31-15(7-39-24)22(37)36-21(13(3)4)28-35-19(11-43-28)26-32-16(8-40-26)23-30-14(5)6-38-23/h6-13,20-21H,29H2,1-5H3,(H,36,37). The van der Waals surface area contributed by atoms with Gasteiger partial charge in [-0.25, -0.2) is 29.9 Å². The molecule has 0 radical (unpaired) electrons. The van der Waals surface area contributed by atoms with Gasteiger partial charge >= 0.3 is 0 Å². The molecular formula is C28H28N8O7. The number of rotatable bonds is 10. The molecule has 0 bridgehead atoms. The Morgan fingerprint density at radius 1 is 0.628 bits per heavy atom. The Hall–Kier alpha value is -5.31. The largest absolute Gasteiger partial charge is 0.446 e. The summed E-state index contributed by atoms with van der Waals surface area (Å²) >= 11 is 0. The van der Waals surface area contributed by atoms with E-state index in [1.807, 2.05) is 34.6 Å². The molecule has 1 amide bonds. The first kappa shape index (κ1) is 27.8. The molecule has 6 aromatic rings. The van der Waals surface area contributed by atoms with Crippen molar-refractivity contribution in [3.8, 4) is 46.3 Å². The van der Waals surface area contributed by atoms with E-state index < -0.39 is 11.9 Å². The van der Waals surface area contributed by atoms with Gasteiger partial charge in [0.1, 0.15) is 43.6 Å². The molecule has 43 heavy (non-hydrogen) atoms. The molecule has 0 saturated heterocycles. The summed E-state index contributed by atoms with van der Waals surface area (Å²) in [4.78, 5) is 39.2. The van der Waals surface area contributed by atoms with Crippen molar-refractivity contribution in [1.29, 1.82) is 0 Å². The van der Waals surface area contributed by atoms with Gasteiger partial charge in [-0.15, -0.1) is 0 Å². The molecule has 0 aromatic carbocycles. The van der Waals surface area contributed by atoms with Crippen molar-refractivity contribution in [3.05, 3.63) is 60.7 Å². The Labute approximate surface area is 244 Å². The number of hydrogen-bond donors (Lipinski definition) is 2. The second-order valence-corrected chi connectivity index (χ2v) is 10.5. The number of aromatic nitrogens is 6. The van der Waals surface area contributed by atoms with Crippen molar-refractivity contribution in [2.75, 3.05) is 0 Å². The van der Waals surface area contributed by atoms with Crippen LogP contribution in [0, 0.1) is 18.8 Å². The quantitative estimate of drug-likeness (QED) is 0.206. The Morgan fingerprint density at radius 3 is 1.70 bits per heavy atom. The zero-order valence-corrected chi connectivity index (χ0v) is 23.9. The van der Waals surface area contributed by atoms with E-state index in [0.717, 1.165) is 5.69 Å². The summed E-state index contributed by atoms with van der Waals surface area (Å²) in [6, 6.07) is -0.958. The first-order valence-electron chi connectivity index (χ1n) is 13.4. The number of nitrogens with zero attached hydrogens (tertiary/aromatic N) is 6. The van der Waals surface area contributed by atoms with E-state index in [1.165, 1.54) is 37.6 Å². The molecule has 6 rings (SSSR count). The normalized spacial score (nSPS) is 13.2. The maximum absolute atomic E-state index is 13.1. The minimum absolute atomic E-state index is 0.0298. The number of oxazole rings is 6. The number of hydrogen-bond acceptors (Lipinski definition) is 14. The van der Waals surface area contributed by atoms with Gasteiger partial charge in [-0.2, -0.15) is 0 Å². The van der Waals surface area contributed by atoms with Crippen LogP contribution in [0.5, 0.6) is 0 Å². The summed E-state index contributed by atoms with van der Waals surface area (Å²) in [7, 11) is 0. The monoisotopic (exact) mass is 588 g/mol. The average Bonchev–Trinajstić information content (AvgIpc) is 3.82. The zero-order chi connectivity index (χ0) is 30.2. The third-order valence-corrected chi connectivity index (χ3v) is 6.51. The fourth-order valence-electron chi connectivity index (χ4n) is 4.03. The van der Waals surface area contributed by atoms with Gasteiger partial charge in [0.25, 0.3) is 5.91 Å². The average molecular weight is 589 g/mol. The number of aryl methyl sites for hydroxylation is 1. The van der Waals surface area contributed by atoms with Crippen LogP contribution in [0.25, 0.3) is 46.3 Å². The number of carbonyl (C=O) groups is 1. The molecule has 0 aliphatic heterocycles. The van der Waals surface area contributed by atoms with Crippen molar-refractivity contribution in [3.63, 3.8) is 0 Å². The van der Waals surface area contributed by atoms with E-state index in [0.29, 0.717) is 28.9 Å². The molecule has 6 aromatic heterocycles. The molecular weight excluding hydrogens is 560 g/mol. The second-order valence-electron chi connectivity index (χ2n) is 10.5. The molecule has 0 spiro atoms. The van der Waals surface area contributed by atoms with Crippen LogP contribution < -0.4 is 11.1 Å². The van der Waals surface area contributed by atoms with Crippen molar-refractivity contribution in [2.45, 2.75) is 46.7 Å². The Morgan fingerprint density at radius 2 is 1.12 bits per heavy atom. The summed E-state index contributed by atoms with van der Waals surface area (Å²) in [5, 5.41) is 2.89. The van der Waals surface area contributed by atoms with Crippen molar-refractivity contribution < 1.29 is 31.3 Å². The van der Waals surface area contributed by atoms with Gasteiger partial charge in [-0.05, 0) is 18.8 Å². The van der Waals surface area contributed by atoms with E-state index in [9.17, 15) is 4.79 Å². The van der Waals surface area contributed by atoms with Gasteiger partial charge in [0.05, 0.1) is 11.7 Å². The van der Waals surface area contributed by atoms with Crippen molar-refractivity contribution in [2.24, 2.45) is 17.6 Å². The molecule has 2 unspecified atom stereocenters. The molecule has 2 atom stereocenters. The summed E-state index contributed by atoms with van der Waals surface area (Å²) in [6.45, 7) is 9.57. The van der Waals surface area contributed by atoms with E-state index in [4.69, 9.17) is 32.2 Å². The Balaban J connectivity index is 1.14. The number of carbonyl (C=O) groups excluding carboxylic acids is 1. The van der Waals surface area contributed by atoms with E-state index in [-0.39, 0.29) is 52.8 Å². The highest BCUT2D eigenvalue weighted by Crippen LogP contribution is 2.29. The SMILES string of the molecule is Cc1coc(-c2coc(-c3coc(C(NC(=O)c4coc(-c5coc(-c6coc(C(N)C(C)C)n6)n5)n4)C(C)C)n3)n2)n1. The first-order chi connectivity index (χ1) is 20.7. The maximum Gasteiger partial charge on any atom is 0.273 e. The minimum Gasteiger partial charge on any atom is -0.446 e. The molecule has 15 nitrogen and oxygen atoms in total. The number of nitrogens with one attached hydrogen (secondary N) is 1. The van der Waals surface area contributed by atoms with Gasteiger partial charge in [-0.1, -0.05) is 27.7 Å². The van der Waals surface area contributed by atoms with E-state index in [2.05, 4.69) is 35.2 Å². The van der Waals surface area contributed by atoms with Crippen LogP contribution in [0.4, 0.5) is 0 Å². The highest BCUT2D eigenvalue weighted by Gasteiger charge is 2.27. The van der Waals surface area contributed by atoms with Crippen LogP contribution in [0.15, 0.2) is 64.1 Å². The highest BCUT2D eigenvalue weighted by molar-refractivity contribution is 5.92. The fourth-order valence-corrected chi connectivity index (χ4v) is 4.03. The third-order valence-electron chi connectivity index (χ3n) is 6.51. The lowest BCUT2D eigenvalue weighted by molar-refractivity contribution is 0.0911. The van der Waals surface area contributed by atoms with Gasteiger partial charge in [0, 0.05) is 0 Å². The van der Waals surface area contributed by atoms with Gasteiger partial charge in [0.15, 0.2) is 28.5 Å². The van der Waals surface area contributed by atoms with Crippen LogP contribution in [0.2, 0.25) is 0 Å². The first-order valence-corrected chi connectivity index (χ1v) is 13.4. The van der Waals surface area contributed by atoms with Crippen molar-refractivity contribution in [1.82, 2.24) is 35.2 Å². The number of amides is 1. The fraction of sp³-hybridized carbons (Fsp3) is 0.321. The lowest BCUT2D eigenvalue weighted by Crippen LogP contribution is -2.32. The predicted molar refractivity (Wildman–Crippen MR) is 147 cm³/mol. The summed E-state index contributed by atoms with van der Waals surface area (Å²) in [5.41, 5.74) is 8.27. The smallest absolute Gasteiger partial charge is 0.273 e. The highest BCUT2D eigenvalue weighted by atomic mass is 16.4. The van der Waals surface area contributed by atoms with Crippen molar-refractivity contribution >= 4 is 5.91 Å². The topological polar surface area (TPSA) is 211 Å². The molecule has 222 valence electrons. The Kier molecular flexibility index (Phi) is 7.23. The molecule has 0 fully saturated rings. The van der Waals surface area contributed by atoms with Crippen LogP contribution in [0.3, 0.4) is 0 Å². The lowest BCUT2D eigenvalue weighted by atomic mass is 10.0. The van der Waals surface area contributed by atoms with E-state index in [1.54, 1.807) is 0 Å². The van der Waals surface area contributed by atoms with Gasteiger partial charge < -0.3 is 37.6 Å². The second kappa shape index (κ2) is 11.2. The van der Waals surface area contributed by atoms with Crippen LogP contribution in [0.1, 0.15) is 67.7 Å². The maximum atomic E-state index is 13.1.